The molecule has 0 unspecified atom stereocenters. The maximum Gasteiger partial charge on any atom is 0.137 e. The van der Waals surface area contributed by atoms with Crippen LogP contribution in [0.2, 0.25) is 0 Å². The molecule has 0 bridgehead atoms. The van der Waals surface area contributed by atoms with E-state index in [1.807, 2.05) is 48.5 Å². The van der Waals surface area contributed by atoms with Gasteiger partial charge in [0.15, 0.2) is 0 Å². The van der Waals surface area contributed by atoms with Gasteiger partial charge in [0.2, 0.25) is 0 Å². The summed E-state index contributed by atoms with van der Waals surface area (Å²) in [5, 5.41) is 8.90. The number of hydrogen-bond acceptors (Lipinski definition) is 6. The maximum atomic E-state index is 8.90. The molecular formula is C21H25N3O2S. The van der Waals surface area contributed by atoms with Gasteiger partial charge in [-0.05, 0) is 18.2 Å². The average molecular weight is 390 g/mol. The van der Waals surface area contributed by atoms with E-state index in [0.717, 1.165) is 15.4 Å². The molecule has 27 heavy (non-hydrogen) atoms. The number of aliphatic hydroxyl groups is 1. The van der Waals surface area contributed by atoms with Crippen LogP contribution in [0.1, 0.15) is 13.8 Å². The van der Waals surface area contributed by atoms with E-state index < -0.39 is 26.1 Å². The number of amidine groups is 1. The molecular weight excluding hydrogens is 358 g/mol. The van der Waals surface area contributed by atoms with Crippen molar-refractivity contribution in [2.24, 2.45) is 4.99 Å². The van der Waals surface area contributed by atoms with Gasteiger partial charge in [-0.1, -0.05) is 42.1 Å². The third-order valence-electron chi connectivity index (χ3n) is 4.14. The predicted octanol–water partition coefficient (Wildman–Crippen LogP) is 2.86. The minimum absolute atomic E-state index is 0.115. The Kier molecular flexibility index (Phi) is 4.14. The summed E-state index contributed by atoms with van der Waals surface area (Å²) < 4.78 is 56.2. The second kappa shape index (κ2) is 8.89. The van der Waals surface area contributed by atoms with Crippen LogP contribution in [0.5, 0.6) is 0 Å². The number of hydrogen-bond donors (Lipinski definition) is 1. The molecule has 4 rings (SSSR count). The fraction of sp³-hybridized carbons (Fsp3) is 0.381. The van der Waals surface area contributed by atoms with E-state index in [0.29, 0.717) is 16.4 Å². The van der Waals surface area contributed by atoms with Crippen molar-refractivity contribution in [3.05, 3.63) is 54.1 Å². The van der Waals surface area contributed by atoms with Gasteiger partial charge in [0.05, 0.1) is 25.5 Å². The summed E-state index contributed by atoms with van der Waals surface area (Å²) in [6, 6.07) is 15.2. The Morgan fingerprint density at radius 2 is 1.81 bits per heavy atom. The van der Waals surface area contributed by atoms with Gasteiger partial charge in [-0.2, -0.15) is 0 Å². The monoisotopic (exact) mass is 389 g/mol. The van der Waals surface area contributed by atoms with Crippen molar-refractivity contribution in [2.45, 2.75) is 9.79 Å². The van der Waals surface area contributed by atoms with Gasteiger partial charge in [-0.3, -0.25) is 4.90 Å². The molecule has 0 aromatic heterocycles. The minimum atomic E-state index is -2.43. The molecule has 1 saturated heterocycles. The largest absolute Gasteiger partial charge is 0.394 e. The number of para-hydroxylation sites is 1. The SMILES string of the molecule is [2H]C([2H])(COCCO)N1C([2H])([2H])CN(C2=Nc3ccccc3Sc3ccccc32)CC1([2H])[2H]. The first-order valence-corrected chi connectivity index (χ1v) is 9.56. The van der Waals surface area contributed by atoms with E-state index in [4.69, 9.17) is 23.1 Å². The van der Waals surface area contributed by atoms with Crippen molar-refractivity contribution in [3.8, 4) is 0 Å². The van der Waals surface area contributed by atoms with Crippen LogP contribution in [0, 0.1) is 0 Å². The lowest BCUT2D eigenvalue weighted by Gasteiger charge is -2.36. The molecule has 0 radical (unpaired) electrons. The smallest absolute Gasteiger partial charge is 0.137 e. The molecule has 2 aliphatic heterocycles. The summed E-state index contributed by atoms with van der Waals surface area (Å²) in [4.78, 5) is 8.84. The molecule has 0 spiro atoms. The quantitative estimate of drug-likeness (QED) is 0.797. The van der Waals surface area contributed by atoms with Crippen molar-refractivity contribution < 1.29 is 18.1 Å². The number of nitrogens with zero attached hydrogens (tertiary/aromatic N) is 3. The molecule has 0 atom stereocenters. The Balaban J connectivity index is 1.72. The Hall–Kier alpha value is -1.86. The van der Waals surface area contributed by atoms with E-state index in [1.165, 1.54) is 0 Å². The number of ether oxygens (including phenoxy) is 1. The standard InChI is InChI=1S/C21H25N3O2S/c25-14-16-26-15-13-23-9-11-24(12-10-23)21-17-5-1-3-7-19(17)27-20-8-4-2-6-18(20)22-21/h1-8,25H,9-16H2/i9D2,10D2,13D2. The lowest BCUT2D eigenvalue weighted by atomic mass is 10.1. The molecule has 6 heteroatoms. The zero-order chi connectivity index (χ0) is 23.9. The van der Waals surface area contributed by atoms with Crippen molar-refractivity contribution in [1.29, 1.82) is 0 Å². The average Bonchev–Trinajstić information content (AvgIpc) is 2.88. The van der Waals surface area contributed by atoms with Gasteiger partial charge < -0.3 is 14.7 Å². The van der Waals surface area contributed by atoms with Crippen LogP contribution in [0.25, 0.3) is 0 Å². The lowest BCUT2D eigenvalue weighted by molar-refractivity contribution is 0.0652. The van der Waals surface area contributed by atoms with Crippen molar-refractivity contribution in [3.63, 3.8) is 0 Å². The van der Waals surface area contributed by atoms with Crippen LogP contribution in [0.4, 0.5) is 5.69 Å². The predicted molar refractivity (Wildman–Crippen MR) is 109 cm³/mol. The van der Waals surface area contributed by atoms with Crippen LogP contribution in [-0.4, -0.2) is 73.1 Å². The van der Waals surface area contributed by atoms with Crippen molar-refractivity contribution >= 4 is 23.3 Å². The lowest BCUT2D eigenvalue weighted by Crippen LogP contribution is -2.49. The van der Waals surface area contributed by atoms with Gasteiger partial charge in [0.1, 0.15) is 5.84 Å². The Morgan fingerprint density at radius 1 is 1.07 bits per heavy atom. The Bertz CT molecular complexity index is 1030. The highest BCUT2D eigenvalue weighted by Gasteiger charge is 2.24. The first-order valence-electron chi connectivity index (χ1n) is 11.7. The fourth-order valence-corrected chi connectivity index (χ4v) is 3.86. The molecule has 0 saturated carbocycles. The zero-order valence-corrected chi connectivity index (χ0v) is 15.6. The highest BCUT2D eigenvalue weighted by atomic mass is 32.2. The summed E-state index contributed by atoms with van der Waals surface area (Å²) in [7, 11) is 0. The van der Waals surface area contributed by atoms with Crippen LogP contribution < -0.4 is 0 Å². The van der Waals surface area contributed by atoms with Gasteiger partial charge in [-0.25, -0.2) is 4.99 Å². The molecule has 2 aromatic carbocycles. The molecule has 0 amide bonds. The van der Waals surface area contributed by atoms with E-state index in [-0.39, 0.29) is 26.3 Å². The molecule has 5 nitrogen and oxygen atoms in total. The minimum Gasteiger partial charge on any atom is -0.394 e. The summed E-state index contributed by atoms with van der Waals surface area (Å²) >= 11 is 1.55. The highest BCUT2D eigenvalue weighted by Crippen LogP contribution is 2.40. The van der Waals surface area contributed by atoms with Gasteiger partial charge in [-0.15, -0.1) is 0 Å². The van der Waals surface area contributed by atoms with E-state index >= 15 is 0 Å². The number of aliphatic imine (C=N–C) groups is 1. The summed E-state index contributed by atoms with van der Waals surface area (Å²) in [6.07, 6.45) is 0. The van der Waals surface area contributed by atoms with Crippen LogP contribution in [-0.2, 0) is 4.74 Å². The topological polar surface area (TPSA) is 48.3 Å². The number of piperazine rings is 1. The maximum absolute atomic E-state index is 8.90. The molecule has 2 aliphatic rings. The van der Waals surface area contributed by atoms with Crippen LogP contribution in [0.15, 0.2) is 63.3 Å². The zero-order valence-electron chi connectivity index (χ0n) is 20.8. The molecule has 1 fully saturated rings. The van der Waals surface area contributed by atoms with Crippen LogP contribution in [0.3, 0.4) is 0 Å². The Labute approximate surface area is 173 Å². The normalized spacial score (nSPS) is 24.6. The second-order valence-electron chi connectivity index (χ2n) is 5.94. The van der Waals surface area contributed by atoms with E-state index in [1.54, 1.807) is 16.7 Å². The van der Waals surface area contributed by atoms with Gasteiger partial charge in [0, 0.05) is 56.2 Å². The number of rotatable bonds is 5. The molecule has 1 N–H and O–H groups in total. The highest BCUT2D eigenvalue weighted by molar-refractivity contribution is 7.99. The molecule has 2 heterocycles. The van der Waals surface area contributed by atoms with Crippen molar-refractivity contribution in [1.82, 2.24) is 9.80 Å². The van der Waals surface area contributed by atoms with Gasteiger partial charge >= 0.3 is 0 Å². The molecule has 142 valence electrons. The number of fused-ring (bicyclic) bond motifs is 2. The van der Waals surface area contributed by atoms with Crippen LogP contribution >= 0.6 is 11.8 Å². The first kappa shape index (κ1) is 12.6. The van der Waals surface area contributed by atoms with E-state index in [2.05, 4.69) is 0 Å². The van der Waals surface area contributed by atoms with E-state index in [9.17, 15) is 0 Å². The third-order valence-corrected chi connectivity index (χ3v) is 5.28. The number of aliphatic hydroxyl groups excluding tert-OH is 1. The fourth-order valence-electron chi connectivity index (χ4n) is 2.84. The molecule has 2 aromatic rings. The third kappa shape index (κ3) is 4.35. The summed E-state index contributed by atoms with van der Waals surface area (Å²) in [5.41, 5.74) is 1.48. The number of benzene rings is 2. The summed E-state index contributed by atoms with van der Waals surface area (Å²) in [5.74, 6) is 0.451. The Morgan fingerprint density at radius 3 is 2.63 bits per heavy atom. The van der Waals surface area contributed by atoms with Crippen molar-refractivity contribution in [2.75, 3.05) is 52.4 Å². The molecule has 0 aliphatic carbocycles. The second-order valence-corrected chi connectivity index (χ2v) is 7.03. The van der Waals surface area contributed by atoms with Gasteiger partial charge in [0.25, 0.3) is 0 Å². The summed E-state index contributed by atoms with van der Waals surface area (Å²) in [6.45, 7) is -8.73. The first-order chi connectivity index (χ1) is 15.5.